The second kappa shape index (κ2) is 5.88. The molecule has 0 aromatic carbocycles. The third kappa shape index (κ3) is 4.62. The van der Waals surface area contributed by atoms with Gasteiger partial charge in [0.1, 0.15) is 0 Å². The number of rotatable bonds is 6. The van der Waals surface area contributed by atoms with Crippen LogP contribution in [0.15, 0.2) is 18.5 Å². The molecule has 1 heterocycles. The monoisotopic (exact) mass is 233 g/mol. The largest absolute Gasteiger partial charge is 0.354 e. The highest BCUT2D eigenvalue weighted by atomic mass is 14.9. The molecule has 0 aliphatic heterocycles. The van der Waals surface area contributed by atoms with E-state index in [1.807, 2.05) is 13.8 Å². The van der Waals surface area contributed by atoms with Gasteiger partial charge in [-0.25, -0.2) is 0 Å². The predicted molar refractivity (Wildman–Crippen MR) is 70.4 cm³/mol. The third-order valence-electron chi connectivity index (χ3n) is 3.13. The first-order chi connectivity index (χ1) is 7.96. The Bertz CT molecular complexity index is 384. The van der Waals surface area contributed by atoms with Gasteiger partial charge in [-0.15, -0.1) is 0 Å². The van der Waals surface area contributed by atoms with Gasteiger partial charge >= 0.3 is 0 Å². The molecule has 17 heavy (non-hydrogen) atoms. The van der Waals surface area contributed by atoms with Crippen molar-refractivity contribution in [2.45, 2.75) is 52.6 Å². The molecular formula is C14H23N3. The van der Waals surface area contributed by atoms with E-state index in [-0.39, 0.29) is 11.5 Å². The Morgan fingerprint density at radius 3 is 2.82 bits per heavy atom. The van der Waals surface area contributed by atoms with E-state index in [1.165, 1.54) is 5.56 Å². The lowest BCUT2D eigenvalue weighted by molar-refractivity contribution is 0.413. The first kappa shape index (κ1) is 13.8. The Balaban J connectivity index is 2.49. The van der Waals surface area contributed by atoms with Crippen molar-refractivity contribution in [2.75, 3.05) is 0 Å². The fourth-order valence-corrected chi connectivity index (χ4v) is 1.66. The molecule has 0 saturated carbocycles. The van der Waals surface area contributed by atoms with Crippen molar-refractivity contribution in [1.29, 1.82) is 5.26 Å². The molecule has 0 amide bonds. The molecule has 3 heteroatoms. The van der Waals surface area contributed by atoms with Crippen molar-refractivity contribution >= 4 is 0 Å². The van der Waals surface area contributed by atoms with Gasteiger partial charge in [-0.1, -0.05) is 6.92 Å². The number of aryl methyl sites for hydroxylation is 1. The second-order valence-electron chi connectivity index (χ2n) is 5.38. The van der Waals surface area contributed by atoms with E-state index in [9.17, 15) is 0 Å². The highest BCUT2D eigenvalue weighted by Gasteiger charge is 2.16. The molecule has 3 nitrogen and oxygen atoms in total. The molecule has 0 radical (unpaired) electrons. The van der Waals surface area contributed by atoms with Gasteiger partial charge in [0.05, 0.1) is 11.5 Å². The minimum atomic E-state index is -0.246. The van der Waals surface area contributed by atoms with Crippen LogP contribution in [0.2, 0.25) is 0 Å². The SMILES string of the molecule is CCC(N)Cc1ccn(CCC(C)(C)C#N)c1. The normalized spacial score (nSPS) is 13.4. The summed E-state index contributed by atoms with van der Waals surface area (Å²) < 4.78 is 2.15. The fourth-order valence-electron chi connectivity index (χ4n) is 1.66. The predicted octanol–water partition coefficient (Wildman–Crippen LogP) is 2.71. The zero-order valence-corrected chi connectivity index (χ0v) is 11.1. The molecule has 1 atom stereocenters. The molecule has 0 spiro atoms. The Kier molecular flexibility index (Phi) is 4.77. The maximum atomic E-state index is 8.95. The second-order valence-corrected chi connectivity index (χ2v) is 5.38. The van der Waals surface area contributed by atoms with Crippen LogP contribution in [0.3, 0.4) is 0 Å². The highest BCUT2D eigenvalue weighted by molar-refractivity contribution is 5.12. The standard InChI is InChI=1S/C14H23N3/c1-4-13(16)9-12-5-7-17(10-12)8-6-14(2,3)11-15/h5,7,10,13H,4,6,8-9,16H2,1-3H3. The van der Waals surface area contributed by atoms with Crippen LogP contribution in [0, 0.1) is 16.7 Å². The van der Waals surface area contributed by atoms with Gasteiger partial charge in [0.15, 0.2) is 0 Å². The van der Waals surface area contributed by atoms with Crippen LogP contribution in [0.5, 0.6) is 0 Å². The highest BCUT2D eigenvalue weighted by Crippen LogP contribution is 2.19. The van der Waals surface area contributed by atoms with Crippen molar-refractivity contribution in [3.8, 4) is 6.07 Å². The molecule has 1 unspecified atom stereocenters. The number of nitrogens with zero attached hydrogens (tertiary/aromatic N) is 2. The van der Waals surface area contributed by atoms with Gasteiger partial charge in [0.25, 0.3) is 0 Å². The minimum absolute atomic E-state index is 0.246. The molecule has 1 rings (SSSR count). The lowest BCUT2D eigenvalue weighted by Gasteiger charge is -2.15. The summed E-state index contributed by atoms with van der Waals surface area (Å²) in [5.74, 6) is 0. The average molecular weight is 233 g/mol. The minimum Gasteiger partial charge on any atom is -0.354 e. The summed E-state index contributed by atoms with van der Waals surface area (Å²) >= 11 is 0. The first-order valence-corrected chi connectivity index (χ1v) is 6.28. The van der Waals surface area contributed by atoms with Gasteiger partial charge in [-0.05, 0) is 44.7 Å². The van der Waals surface area contributed by atoms with E-state index in [2.05, 4.69) is 36.0 Å². The summed E-state index contributed by atoms with van der Waals surface area (Å²) in [6.07, 6.45) is 7.03. The number of aromatic nitrogens is 1. The van der Waals surface area contributed by atoms with Crippen LogP contribution in [-0.4, -0.2) is 10.6 Å². The molecule has 0 saturated heterocycles. The van der Waals surface area contributed by atoms with Crippen LogP contribution < -0.4 is 5.73 Å². The maximum Gasteiger partial charge on any atom is 0.0684 e. The third-order valence-corrected chi connectivity index (χ3v) is 3.13. The number of hydrogen-bond acceptors (Lipinski definition) is 2. The van der Waals surface area contributed by atoms with Gasteiger partial charge in [0, 0.05) is 25.0 Å². The summed E-state index contributed by atoms with van der Waals surface area (Å²) in [5.41, 5.74) is 6.97. The van der Waals surface area contributed by atoms with E-state index < -0.39 is 0 Å². The summed E-state index contributed by atoms with van der Waals surface area (Å²) in [6, 6.07) is 4.70. The van der Waals surface area contributed by atoms with Gasteiger partial charge in [-0.2, -0.15) is 5.26 Å². The van der Waals surface area contributed by atoms with Crippen LogP contribution in [0.25, 0.3) is 0 Å². The van der Waals surface area contributed by atoms with Gasteiger partial charge in [0.2, 0.25) is 0 Å². The van der Waals surface area contributed by atoms with Crippen molar-refractivity contribution in [2.24, 2.45) is 11.1 Å². The smallest absolute Gasteiger partial charge is 0.0684 e. The van der Waals surface area contributed by atoms with Crippen molar-refractivity contribution < 1.29 is 0 Å². The van der Waals surface area contributed by atoms with E-state index >= 15 is 0 Å². The van der Waals surface area contributed by atoms with Crippen molar-refractivity contribution in [1.82, 2.24) is 4.57 Å². The van der Waals surface area contributed by atoms with Crippen LogP contribution in [0.4, 0.5) is 0 Å². The first-order valence-electron chi connectivity index (χ1n) is 6.28. The van der Waals surface area contributed by atoms with E-state index in [4.69, 9.17) is 11.0 Å². The van der Waals surface area contributed by atoms with Crippen molar-refractivity contribution in [3.63, 3.8) is 0 Å². The van der Waals surface area contributed by atoms with E-state index in [0.29, 0.717) is 0 Å². The molecule has 0 aliphatic rings. The summed E-state index contributed by atoms with van der Waals surface area (Å²) in [4.78, 5) is 0. The number of hydrogen-bond donors (Lipinski definition) is 1. The van der Waals surface area contributed by atoms with E-state index in [1.54, 1.807) is 0 Å². The molecule has 1 aromatic heterocycles. The molecule has 94 valence electrons. The maximum absolute atomic E-state index is 8.95. The molecule has 2 N–H and O–H groups in total. The molecule has 0 aliphatic carbocycles. The Morgan fingerprint density at radius 1 is 1.53 bits per heavy atom. The number of nitriles is 1. The topological polar surface area (TPSA) is 54.7 Å². The van der Waals surface area contributed by atoms with Crippen LogP contribution >= 0.6 is 0 Å². The molecular weight excluding hydrogens is 210 g/mol. The fraction of sp³-hybridized carbons (Fsp3) is 0.643. The van der Waals surface area contributed by atoms with E-state index in [0.717, 1.165) is 25.8 Å². The van der Waals surface area contributed by atoms with Crippen LogP contribution in [-0.2, 0) is 13.0 Å². The Labute approximate surface area is 104 Å². The zero-order valence-electron chi connectivity index (χ0n) is 11.1. The molecule has 1 aromatic rings. The Morgan fingerprint density at radius 2 is 2.24 bits per heavy atom. The van der Waals surface area contributed by atoms with Gasteiger partial charge in [-0.3, -0.25) is 0 Å². The Hall–Kier alpha value is -1.27. The average Bonchev–Trinajstić information content (AvgIpc) is 2.74. The number of nitrogens with two attached hydrogens (primary N) is 1. The lowest BCUT2D eigenvalue weighted by atomic mass is 9.91. The van der Waals surface area contributed by atoms with Gasteiger partial charge < -0.3 is 10.3 Å². The lowest BCUT2D eigenvalue weighted by Crippen LogP contribution is -2.21. The van der Waals surface area contributed by atoms with Crippen molar-refractivity contribution in [3.05, 3.63) is 24.0 Å². The zero-order chi connectivity index (χ0) is 12.9. The quantitative estimate of drug-likeness (QED) is 0.821. The summed E-state index contributed by atoms with van der Waals surface area (Å²) in [7, 11) is 0. The summed E-state index contributed by atoms with van der Waals surface area (Å²) in [5, 5.41) is 8.95. The van der Waals surface area contributed by atoms with Crippen LogP contribution in [0.1, 0.15) is 39.2 Å². The summed E-state index contributed by atoms with van der Waals surface area (Å²) in [6.45, 7) is 6.95. The molecule has 0 fully saturated rings. The molecule has 0 bridgehead atoms.